The predicted molar refractivity (Wildman–Crippen MR) is 127 cm³/mol. The molecule has 0 unspecified atom stereocenters. The van der Waals surface area contributed by atoms with E-state index in [0.717, 1.165) is 22.3 Å². The molecule has 32 heavy (non-hydrogen) atoms. The van der Waals surface area contributed by atoms with Crippen LogP contribution in [0.15, 0.2) is 53.5 Å². The highest BCUT2D eigenvalue weighted by molar-refractivity contribution is 8.00. The Labute approximate surface area is 193 Å². The number of hydrogen-bond donors (Lipinski definition) is 0. The topological polar surface area (TPSA) is 81.0 Å². The van der Waals surface area contributed by atoms with Crippen LogP contribution in [0.3, 0.4) is 0 Å². The van der Waals surface area contributed by atoms with Gasteiger partial charge in [0.15, 0.2) is 4.80 Å². The van der Waals surface area contributed by atoms with Crippen LogP contribution in [0.1, 0.15) is 12.5 Å². The fourth-order valence-electron chi connectivity index (χ4n) is 3.63. The smallest absolute Gasteiger partial charge is 0.326 e. The lowest BCUT2D eigenvalue weighted by atomic mass is 10.2. The van der Waals surface area contributed by atoms with Crippen LogP contribution in [0.2, 0.25) is 0 Å². The van der Waals surface area contributed by atoms with Crippen molar-refractivity contribution in [3.63, 3.8) is 0 Å². The van der Waals surface area contributed by atoms with Crippen LogP contribution in [-0.2, 0) is 32.1 Å². The van der Waals surface area contributed by atoms with Gasteiger partial charge in [-0.25, -0.2) is 0 Å². The molecule has 2 aromatic carbocycles. The van der Waals surface area contributed by atoms with Gasteiger partial charge >= 0.3 is 5.97 Å². The molecule has 2 amide bonds. The molecular weight excluding hydrogens is 446 g/mol. The minimum Gasteiger partial charge on any atom is -0.465 e. The molecule has 166 valence electrons. The third-order valence-electron chi connectivity index (χ3n) is 5.04. The monoisotopic (exact) mass is 469 g/mol. The molecule has 0 spiro atoms. The Bertz CT molecular complexity index is 1230. The maximum Gasteiger partial charge on any atom is 0.326 e. The Kier molecular flexibility index (Phi) is 7.06. The summed E-state index contributed by atoms with van der Waals surface area (Å²) >= 11 is 2.60. The summed E-state index contributed by atoms with van der Waals surface area (Å²) < 4.78 is 7.69. The second-order valence-corrected chi connectivity index (χ2v) is 9.16. The number of para-hydroxylation sites is 2. The molecule has 0 saturated carbocycles. The van der Waals surface area contributed by atoms with Crippen molar-refractivity contribution in [2.45, 2.75) is 19.9 Å². The average molecular weight is 470 g/mol. The number of thiazole rings is 1. The summed E-state index contributed by atoms with van der Waals surface area (Å²) in [6, 6.07) is 15.5. The number of hydrogen-bond acceptors (Lipinski definition) is 6. The van der Waals surface area contributed by atoms with Crippen LogP contribution in [0.25, 0.3) is 10.2 Å². The summed E-state index contributed by atoms with van der Waals surface area (Å²) in [5, 5.41) is 0. The lowest BCUT2D eigenvalue weighted by molar-refractivity contribution is -0.143. The quantitative estimate of drug-likeness (QED) is 0.497. The van der Waals surface area contributed by atoms with E-state index >= 15 is 0 Å². The Morgan fingerprint density at radius 2 is 1.88 bits per heavy atom. The van der Waals surface area contributed by atoms with E-state index in [1.807, 2.05) is 48.5 Å². The highest BCUT2D eigenvalue weighted by Crippen LogP contribution is 2.28. The van der Waals surface area contributed by atoms with Crippen molar-refractivity contribution < 1.29 is 19.1 Å². The third-order valence-corrected chi connectivity index (χ3v) is 7.00. The number of benzene rings is 2. The molecule has 2 heterocycles. The molecule has 0 bridgehead atoms. The largest absolute Gasteiger partial charge is 0.465 e. The minimum atomic E-state index is -0.379. The number of anilines is 1. The first-order valence-corrected chi connectivity index (χ1v) is 12.3. The first-order chi connectivity index (χ1) is 15.6. The van der Waals surface area contributed by atoms with E-state index in [-0.39, 0.29) is 35.8 Å². The number of amides is 2. The first-order valence-electron chi connectivity index (χ1n) is 10.3. The van der Waals surface area contributed by atoms with Crippen LogP contribution in [0.4, 0.5) is 5.69 Å². The molecule has 7 nitrogen and oxygen atoms in total. The normalized spacial score (nSPS) is 13.4. The van der Waals surface area contributed by atoms with E-state index in [4.69, 9.17) is 4.74 Å². The molecule has 1 aliphatic rings. The lowest BCUT2D eigenvalue weighted by Gasteiger charge is -2.16. The summed E-state index contributed by atoms with van der Waals surface area (Å²) in [7, 11) is 0. The van der Waals surface area contributed by atoms with Gasteiger partial charge in [0.2, 0.25) is 5.91 Å². The van der Waals surface area contributed by atoms with Crippen molar-refractivity contribution in [2.24, 2.45) is 4.99 Å². The number of carbonyl (C=O) groups is 3. The van der Waals surface area contributed by atoms with Gasteiger partial charge in [-0.3, -0.25) is 14.4 Å². The van der Waals surface area contributed by atoms with Gasteiger partial charge in [-0.1, -0.05) is 41.7 Å². The number of carbonyl (C=O) groups excluding carboxylic acids is 3. The molecule has 0 aliphatic carbocycles. The number of esters is 1. The van der Waals surface area contributed by atoms with Crippen molar-refractivity contribution in [1.29, 1.82) is 0 Å². The molecule has 1 aromatic heterocycles. The molecule has 0 N–H and O–H groups in total. The summed E-state index contributed by atoms with van der Waals surface area (Å²) in [4.78, 5) is 43.6. The molecular formula is C23H23N3O4S2. The van der Waals surface area contributed by atoms with Crippen molar-refractivity contribution in [1.82, 2.24) is 4.57 Å². The van der Waals surface area contributed by atoms with Gasteiger partial charge in [-0.2, -0.15) is 4.99 Å². The first kappa shape index (κ1) is 22.3. The zero-order valence-electron chi connectivity index (χ0n) is 17.7. The molecule has 0 atom stereocenters. The van der Waals surface area contributed by atoms with Gasteiger partial charge in [0.25, 0.3) is 5.91 Å². The number of rotatable bonds is 7. The maximum atomic E-state index is 12.6. The van der Waals surface area contributed by atoms with Gasteiger partial charge in [0.05, 0.1) is 28.3 Å². The highest BCUT2D eigenvalue weighted by atomic mass is 32.2. The molecule has 1 aliphatic heterocycles. The molecule has 3 aromatic rings. The number of ether oxygens (including phenoxy) is 1. The fraction of sp³-hybridized carbons (Fsp3) is 0.304. The lowest BCUT2D eigenvalue weighted by Crippen LogP contribution is -2.30. The van der Waals surface area contributed by atoms with Crippen LogP contribution in [0, 0.1) is 0 Å². The van der Waals surface area contributed by atoms with E-state index in [0.29, 0.717) is 18.0 Å². The van der Waals surface area contributed by atoms with E-state index in [1.165, 1.54) is 28.7 Å². The van der Waals surface area contributed by atoms with Crippen LogP contribution in [-0.4, -0.2) is 47.0 Å². The van der Waals surface area contributed by atoms with Gasteiger partial charge in [0.1, 0.15) is 6.54 Å². The van der Waals surface area contributed by atoms with Crippen LogP contribution in [0.5, 0.6) is 0 Å². The Hall–Kier alpha value is -2.91. The summed E-state index contributed by atoms with van der Waals surface area (Å²) in [5.74, 6) is -0.420. The Balaban J connectivity index is 1.42. The Morgan fingerprint density at radius 3 is 2.72 bits per heavy atom. The van der Waals surface area contributed by atoms with E-state index < -0.39 is 0 Å². The van der Waals surface area contributed by atoms with Crippen molar-refractivity contribution in [3.8, 4) is 0 Å². The van der Waals surface area contributed by atoms with Crippen LogP contribution < -0.4 is 9.70 Å². The zero-order valence-corrected chi connectivity index (χ0v) is 19.3. The third kappa shape index (κ3) is 4.94. The van der Waals surface area contributed by atoms with Gasteiger partial charge in [0, 0.05) is 12.2 Å². The van der Waals surface area contributed by atoms with Gasteiger partial charge in [-0.15, -0.1) is 11.8 Å². The zero-order chi connectivity index (χ0) is 22.5. The van der Waals surface area contributed by atoms with Gasteiger partial charge in [-0.05, 0) is 37.1 Å². The molecule has 0 saturated heterocycles. The summed E-state index contributed by atoms with van der Waals surface area (Å²) in [6.07, 6.45) is 0.854. The number of aromatic nitrogens is 1. The maximum absolute atomic E-state index is 12.6. The second kappa shape index (κ2) is 10.1. The van der Waals surface area contributed by atoms with Crippen molar-refractivity contribution >= 4 is 56.8 Å². The summed E-state index contributed by atoms with van der Waals surface area (Å²) in [5.41, 5.74) is 2.96. The van der Waals surface area contributed by atoms with Crippen molar-refractivity contribution in [2.75, 3.05) is 29.6 Å². The SMILES string of the molecule is CCOC(=O)Cn1c(=NC(=O)CSCC(=O)N2CCc3ccccc32)sc2ccccc21. The fourth-order valence-corrected chi connectivity index (χ4v) is 5.35. The van der Waals surface area contributed by atoms with E-state index in [9.17, 15) is 14.4 Å². The summed E-state index contributed by atoms with van der Waals surface area (Å²) in [6.45, 7) is 2.71. The number of fused-ring (bicyclic) bond motifs is 2. The molecule has 0 radical (unpaired) electrons. The van der Waals surface area contributed by atoms with Crippen LogP contribution >= 0.6 is 23.1 Å². The molecule has 0 fully saturated rings. The van der Waals surface area contributed by atoms with Crippen molar-refractivity contribution in [3.05, 3.63) is 58.9 Å². The Morgan fingerprint density at radius 1 is 1.09 bits per heavy atom. The molecule has 4 rings (SSSR count). The number of nitrogens with zero attached hydrogens (tertiary/aromatic N) is 3. The number of thioether (sulfide) groups is 1. The van der Waals surface area contributed by atoms with E-state index in [1.54, 1.807) is 16.4 Å². The second-order valence-electron chi connectivity index (χ2n) is 7.17. The van der Waals surface area contributed by atoms with Gasteiger partial charge < -0.3 is 14.2 Å². The van der Waals surface area contributed by atoms with E-state index in [2.05, 4.69) is 4.99 Å². The molecule has 9 heteroatoms. The standard InChI is InChI=1S/C23H23N3O4S2/c1-2-30-22(29)13-26-18-9-5-6-10-19(18)32-23(26)24-20(27)14-31-15-21(28)25-12-11-16-7-3-4-8-17(16)25/h3-10H,2,11-15H2,1H3. The highest BCUT2D eigenvalue weighted by Gasteiger charge is 2.24. The predicted octanol–water partition coefficient (Wildman–Crippen LogP) is 3.02. The minimum absolute atomic E-state index is 0.00742. The average Bonchev–Trinajstić information content (AvgIpc) is 3.36.